The average Bonchev–Trinajstić information content (AvgIpc) is 2.77. The van der Waals surface area contributed by atoms with Crippen molar-refractivity contribution in [2.45, 2.75) is 45.8 Å². The third-order valence-electron chi connectivity index (χ3n) is 5.77. The van der Waals surface area contributed by atoms with Crippen LogP contribution in [0.1, 0.15) is 40.7 Å². The largest absolute Gasteiger partial charge is 0.487 e. The van der Waals surface area contributed by atoms with Crippen molar-refractivity contribution in [1.29, 1.82) is 0 Å². The smallest absolute Gasteiger partial charge is 0.303 e. The Morgan fingerprint density at radius 1 is 1.00 bits per heavy atom. The minimum atomic E-state index is -0.767. The maximum Gasteiger partial charge on any atom is 0.303 e. The highest BCUT2D eigenvalue weighted by atomic mass is 16.5. The van der Waals surface area contributed by atoms with Crippen LogP contribution in [0.5, 0.6) is 5.75 Å². The average molecular weight is 416 g/mol. The topological polar surface area (TPSA) is 49.8 Å². The van der Waals surface area contributed by atoms with Crippen LogP contribution in [0.2, 0.25) is 0 Å². The van der Waals surface area contributed by atoms with E-state index < -0.39 is 5.97 Å². The van der Waals surface area contributed by atoms with Crippen molar-refractivity contribution in [2.75, 3.05) is 11.4 Å². The Bertz CT molecular complexity index is 1040. The fourth-order valence-electron chi connectivity index (χ4n) is 4.22. The normalized spacial score (nSPS) is 13.0. The Balaban J connectivity index is 1.48. The van der Waals surface area contributed by atoms with Gasteiger partial charge in [-0.2, -0.15) is 0 Å². The van der Waals surface area contributed by atoms with Gasteiger partial charge in [-0.15, -0.1) is 0 Å². The molecule has 0 radical (unpaired) electrons. The zero-order valence-corrected chi connectivity index (χ0v) is 18.0. The highest BCUT2D eigenvalue weighted by Crippen LogP contribution is 2.37. The van der Waals surface area contributed by atoms with E-state index in [0.717, 1.165) is 42.8 Å². The molecule has 0 aliphatic carbocycles. The quantitative estimate of drug-likeness (QED) is 0.524. The molecule has 1 aliphatic rings. The molecule has 0 unspecified atom stereocenters. The van der Waals surface area contributed by atoms with Gasteiger partial charge < -0.3 is 14.7 Å². The number of hydrogen-bond donors (Lipinski definition) is 1. The molecular weight excluding hydrogens is 386 g/mol. The lowest BCUT2D eigenvalue weighted by Gasteiger charge is -2.33. The van der Waals surface area contributed by atoms with Crippen LogP contribution in [0.3, 0.4) is 0 Å². The number of aliphatic carboxylic acids is 1. The lowest BCUT2D eigenvalue weighted by Crippen LogP contribution is -2.29. The van der Waals surface area contributed by atoms with Gasteiger partial charge in [-0.1, -0.05) is 66.2 Å². The molecule has 31 heavy (non-hydrogen) atoms. The molecule has 0 saturated carbocycles. The van der Waals surface area contributed by atoms with Crippen molar-refractivity contribution in [3.63, 3.8) is 0 Å². The SMILES string of the molecule is Cc1cccc(CN2CCCc3cccc(OCc4ccc(CCC(=O)O)cc4)c32)c1. The Morgan fingerprint density at radius 3 is 2.55 bits per heavy atom. The number of carbonyl (C=O) groups is 1. The predicted molar refractivity (Wildman–Crippen MR) is 124 cm³/mol. The molecule has 0 fully saturated rings. The number of fused-ring (bicyclic) bond motifs is 1. The number of anilines is 1. The van der Waals surface area contributed by atoms with Gasteiger partial charge in [0.2, 0.25) is 0 Å². The summed E-state index contributed by atoms with van der Waals surface area (Å²) in [6.45, 7) is 4.54. The first kappa shape index (κ1) is 21.0. The Morgan fingerprint density at radius 2 is 1.77 bits per heavy atom. The molecule has 3 aromatic carbocycles. The van der Waals surface area contributed by atoms with Gasteiger partial charge >= 0.3 is 5.97 Å². The van der Waals surface area contributed by atoms with E-state index >= 15 is 0 Å². The Hall–Kier alpha value is -3.27. The van der Waals surface area contributed by atoms with Crippen molar-refractivity contribution in [3.05, 3.63) is 94.5 Å². The lowest BCUT2D eigenvalue weighted by molar-refractivity contribution is -0.136. The highest BCUT2D eigenvalue weighted by molar-refractivity contribution is 5.67. The van der Waals surface area contributed by atoms with Crippen LogP contribution < -0.4 is 9.64 Å². The van der Waals surface area contributed by atoms with E-state index in [2.05, 4.69) is 54.3 Å². The summed E-state index contributed by atoms with van der Waals surface area (Å²) < 4.78 is 6.28. The summed E-state index contributed by atoms with van der Waals surface area (Å²) in [4.78, 5) is 13.2. The number of nitrogens with zero attached hydrogens (tertiary/aromatic N) is 1. The molecule has 0 spiro atoms. The summed E-state index contributed by atoms with van der Waals surface area (Å²) >= 11 is 0. The molecule has 1 aliphatic heterocycles. The fraction of sp³-hybridized carbons (Fsp3) is 0.296. The summed E-state index contributed by atoms with van der Waals surface area (Å²) in [5, 5.41) is 8.84. The Labute approximate surface area is 184 Å². The van der Waals surface area contributed by atoms with Gasteiger partial charge in [0.05, 0.1) is 5.69 Å². The number of hydrogen-bond acceptors (Lipinski definition) is 3. The molecule has 0 amide bonds. The van der Waals surface area contributed by atoms with Gasteiger partial charge in [0.1, 0.15) is 12.4 Å². The molecule has 1 heterocycles. The molecule has 4 nitrogen and oxygen atoms in total. The van der Waals surface area contributed by atoms with Crippen LogP contribution in [0.15, 0.2) is 66.7 Å². The summed E-state index contributed by atoms with van der Waals surface area (Å²) in [6, 6.07) is 23.1. The number of carboxylic acids is 1. The molecule has 0 atom stereocenters. The molecule has 4 rings (SSSR count). The molecule has 0 saturated heterocycles. The van der Waals surface area contributed by atoms with Crippen LogP contribution in [0, 0.1) is 6.92 Å². The number of ether oxygens (including phenoxy) is 1. The maximum absolute atomic E-state index is 10.8. The van der Waals surface area contributed by atoms with Crippen LogP contribution in [0.25, 0.3) is 0 Å². The lowest BCUT2D eigenvalue weighted by atomic mass is 10.00. The van der Waals surface area contributed by atoms with Crippen molar-refractivity contribution >= 4 is 11.7 Å². The van der Waals surface area contributed by atoms with E-state index in [9.17, 15) is 4.79 Å². The Kier molecular flexibility index (Phi) is 6.56. The minimum Gasteiger partial charge on any atom is -0.487 e. The van der Waals surface area contributed by atoms with Gasteiger partial charge in [0, 0.05) is 19.5 Å². The van der Waals surface area contributed by atoms with Crippen LogP contribution >= 0.6 is 0 Å². The first-order chi connectivity index (χ1) is 15.1. The third-order valence-corrected chi connectivity index (χ3v) is 5.77. The monoisotopic (exact) mass is 415 g/mol. The molecular formula is C27H29NO3. The maximum atomic E-state index is 10.8. The minimum absolute atomic E-state index is 0.156. The van der Waals surface area contributed by atoms with Crippen LogP contribution in [0.4, 0.5) is 5.69 Å². The van der Waals surface area contributed by atoms with E-state index in [1.165, 1.54) is 22.4 Å². The molecule has 4 heteroatoms. The highest BCUT2D eigenvalue weighted by Gasteiger charge is 2.21. The number of para-hydroxylation sites is 1. The first-order valence-electron chi connectivity index (χ1n) is 10.9. The number of benzene rings is 3. The predicted octanol–water partition coefficient (Wildman–Crippen LogP) is 5.54. The van der Waals surface area contributed by atoms with Gasteiger partial charge in [-0.25, -0.2) is 0 Å². The summed E-state index contributed by atoms with van der Waals surface area (Å²) in [6.07, 6.45) is 2.94. The number of aryl methyl sites for hydroxylation is 3. The van der Waals surface area contributed by atoms with Crippen molar-refractivity contribution in [1.82, 2.24) is 0 Å². The number of rotatable bonds is 8. The molecule has 160 valence electrons. The second-order valence-electron chi connectivity index (χ2n) is 8.28. The number of carboxylic acid groups (broad SMARTS) is 1. The van der Waals surface area contributed by atoms with Crippen molar-refractivity contribution in [2.24, 2.45) is 0 Å². The van der Waals surface area contributed by atoms with Crippen molar-refractivity contribution < 1.29 is 14.6 Å². The van der Waals surface area contributed by atoms with E-state index in [-0.39, 0.29) is 6.42 Å². The van der Waals surface area contributed by atoms with E-state index in [0.29, 0.717) is 13.0 Å². The molecule has 0 aromatic heterocycles. The standard InChI is InChI=1S/C27H29NO3/c1-20-5-2-6-23(17-20)18-28-16-4-8-24-7-3-9-25(27(24)28)31-19-22-12-10-21(11-13-22)14-15-26(29)30/h2-3,5-7,9-13,17H,4,8,14-16,18-19H2,1H3,(H,29,30). The van der Waals surface area contributed by atoms with Crippen LogP contribution in [-0.4, -0.2) is 17.6 Å². The molecule has 0 bridgehead atoms. The fourth-order valence-corrected chi connectivity index (χ4v) is 4.22. The summed E-state index contributed by atoms with van der Waals surface area (Å²) in [5.41, 5.74) is 7.28. The second kappa shape index (κ2) is 9.69. The third kappa shape index (κ3) is 5.46. The van der Waals surface area contributed by atoms with Crippen molar-refractivity contribution in [3.8, 4) is 5.75 Å². The summed E-state index contributed by atoms with van der Waals surface area (Å²) in [5.74, 6) is 0.163. The second-order valence-corrected chi connectivity index (χ2v) is 8.28. The van der Waals surface area contributed by atoms with Crippen LogP contribution in [-0.2, 0) is 30.8 Å². The molecule has 3 aromatic rings. The van der Waals surface area contributed by atoms with Gasteiger partial charge in [0.15, 0.2) is 0 Å². The van der Waals surface area contributed by atoms with E-state index in [1.807, 2.05) is 24.3 Å². The molecule has 1 N–H and O–H groups in total. The van der Waals surface area contributed by atoms with Gasteiger partial charge in [-0.3, -0.25) is 4.79 Å². The van der Waals surface area contributed by atoms with Gasteiger partial charge in [0.25, 0.3) is 0 Å². The summed E-state index contributed by atoms with van der Waals surface area (Å²) in [7, 11) is 0. The first-order valence-corrected chi connectivity index (χ1v) is 10.9. The van der Waals surface area contributed by atoms with Gasteiger partial charge in [-0.05, 0) is 54.5 Å². The zero-order valence-electron chi connectivity index (χ0n) is 18.0. The van der Waals surface area contributed by atoms with E-state index in [4.69, 9.17) is 9.84 Å². The zero-order chi connectivity index (χ0) is 21.6. The van der Waals surface area contributed by atoms with E-state index in [1.54, 1.807) is 0 Å².